The van der Waals surface area contributed by atoms with E-state index < -0.39 is 5.97 Å². The van der Waals surface area contributed by atoms with Gasteiger partial charge in [-0.25, -0.2) is 9.48 Å². The molecule has 1 heterocycles. The first kappa shape index (κ1) is 13.3. The number of rotatable bonds is 6. The van der Waals surface area contributed by atoms with E-state index in [0.29, 0.717) is 23.4 Å². The maximum atomic E-state index is 11.0. The first-order chi connectivity index (χ1) is 10.2. The lowest BCUT2D eigenvalue weighted by Gasteiger charge is -2.11. The summed E-state index contributed by atoms with van der Waals surface area (Å²) >= 11 is 0. The number of aromatic nitrogens is 4. The Morgan fingerprint density at radius 1 is 1.43 bits per heavy atom. The Kier molecular flexibility index (Phi) is 3.43. The maximum absolute atomic E-state index is 11.0. The molecule has 8 nitrogen and oxygen atoms in total. The molecule has 1 aliphatic carbocycles. The van der Waals surface area contributed by atoms with Crippen molar-refractivity contribution in [3.8, 4) is 11.5 Å². The second kappa shape index (κ2) is 5.39. The molecule has 2 aromatic rings. The van der Waals surface area contributed by atoms with Crippen molar-refractivity contribution in [1.82, 2.24) is 20.2 Å². The number of carboxylic acids is 1. The van der Waals surface area contributed by atoms with Crippen LogP contribution in [0.25, 0.3) is 0 Å². The van der Waals surface area contributed by atoms with Crippen LogP contribution in [0.2, 0.25) is 0 Å². The van der Waals surface area contributed by atoms with E-state index in [0.717, 1.165) is 12.8 Å². The number of hydrogen-bond donors (Lipinski definition) is 1. The van der Waals surface area contributed by atoms with Crippen LogP contribution in [0.5, 0.6) is 11.5 Å². The van der Waals surface area contributed by atoms with Gasteiger partial charge in [-0.05, 0) is 41.5 Å². The molecule has 1 aromatic heterocycles. The number of tetrazole rings is 1. The molecule has 0 unspecified atom stereocenters. The topological polar surface area (TPSA) is 99.4 Å². The standard InChI is InChI=1S/C13H14N4O4/c1-20-10-5-2-8(13(18)19)6-11(10)21-7-12-14-15-16-17(12)9-3-4-9/h2,5-6,9H,3-4,7H2,1H3,(H,18,19). The molecule has 110 valence electrons. The van der Waals surface area contributed by atoms with Crippen molar-refractivity contribution in [2.24, 2.45) is 0 Å². The molecule has 1 fully saturated rings. The lowest BCUT2D eigenvalue weighted by Crippen LogP contribution is -2.08. The van der Waals surface area contributed by atoms with Crippen LogP contribution in [0.4, 0.5) is 0 Å². The minimum absolute atomic E-state index is 0.132. The van der Waals surface area contributed by atoms with Gasteiger partial charge in [-0.15, -0.1) is 5.10 Å². The summed E-state index contributed by atoms with van der Waals surface area (Å²) in [7, 11) is 1.50. The van der Waals surface area contributed by atoms with Gasteiger partial charge in [-0.1, -0.05) is 0 Å². The molecule has 0 saturated heterocycles. The van der Waals surface area contributed by atoms with Crippen molar-refractivity contribution in [1.29, 1.82) is 0 Å². The van der Waals surface area contributed by atoms with Crippen LogP contribution >= 0.6 is 0 Å². The molecule has 0 radical (unpaired) electrons. The first-order valence-corrected chi connectivity index (χ1v) is 6.50. The third-order valence-electron chi connectivity index (χ3n) is 3.22. The summed E-state index contributed by atoms with van der Waals surface area (Å²) in [6.45, 7) is 0.156. The molecule has 1 N–H and O–H groups in total. The first-order valence-electron chi connectivity index (χ1n) is 6.50. The number of hydrogen-bond acceptors (Lipinski definition) is 6. The van der Waals surface area contributed by atoms with E-state index in [9.17, 15) is 4.79 Å². The van der Waals surface area contributed by atoms with Gasteiger partial charge in [0.15, 0.2) is 17.3 Å². The maximum Gasteiger partial charge on any atom is 0.335 e. The highest BCUT2D eigenvalue weighted by atomic mass is 16.5. The van der Waals surface area contributed by atoms with Gasteiger partial charge < -0.3 is 14.6 Å². The van der Waals surface area contributed by atoms with Gasteiger partial charge in [-0.2, -0.15) is 0 Å². The van der Waals surface area contributed by atoms with Crippen LogP contribution in [0.3, 0.4) is 0 Å². The van der Waals surface area contributed by atoms with Gasteiger partial charge >= 0.3 is 5.97 Å². The monoisotopic (exact) mass is 290 g/mol. The largest absolute Gasteiger partial charge is 0.493 e. The van der Waals surface area contributed by atoms with E-state index in [-0.39, 0.29) is 12.2 Å². The van der Waals surface area contributed by atoms with Gasteiger partial charge in [0.2, 0.25) is 0 Å². The van der Waals surface area contributed by atoms with Crippen LogP contribution in [0.15, 0.2) is 18.2 Å². The molecule has 3 rings (SSSR count). The SMILES string of the molecule is COc1ccc(C(=O)O)cc1OCc1nnnn1C1CC1. The molecular weight excluding hydrogens is 276 g/mol. The molecule has 21 heavy (non-hydrogen) atoms. The molecule has 1 aliphatic rings. The second-order valence-corrected chi connectivity index (χ2v) is 4.73. The summed E-state index contributed by atoms with van der Waals surface area (Å²) in [5, 5.41) is 20.5. The minimum Gasteiger partial charge on any atom is -0.493 e. The molecule has 8 heteroatoms. The zero-order valence-corrected chi connectivity index (χ0v) is 11.4. The summed E-state index contributed by atoms with van der Waals surface area (Å²) in [6, 6.07) is 4.79. The van der Waals surface area contributed by atoms with Crippen LogP contribution in [-0.2, 0) is 6.61 Å². The third kappa shape index (κ3) is 2.78. The van der Waals surface area contributed by atoms with Gasteiger partial charge in [-0.3, -0.25) is 0 Å². The van der Waals surface area contributed by atoms with Gasteiger partial charge in [0, 0.05) is 0 Å². The van der Waals surface area contributed by atoms with E-state index >= 15 is 0 Å². The van der Waals surface area contributed by atoms with Crippen molar-refractivity contribution in [3.05, 3.63) is 29.6 Å². The van der Waals surface area contributed by atoms with Crippen molar-refractivity contribution in [3.63, 3.8) is 0 Å². The van der Waals surface area contributed by atoms with Crippen molar-refractivity contribution in [2.45, 2.75) is 25.5 Å². The molecule has 0 amide bonds. The normalized spacial score (nSPS) is 14.0. The molecule has 0 spiro atoms. The Bertz CT molecular complexity index is 666. The van der Waals surface area contributed by atoms with Crippen LogP contribution in [0, 0.1) is 0 Å². The number of carboxylic acid groups (broad SMARTS) is 1. The van der Waals surface area contributed by atoms with Gasteiger partial charge in [0.05, 0.1) is 18.7 Å². The minimum atomic E-state index is -1.02. The zero-order chi connectivity index (χ0) is 14.8. The molecule has 0 aliphatic heterocycles. The number of carbonyl (C=O) groups is 1. The average Bonchev–Trinajstić information content (AvgIpc) is 3.23. The third-order valence-corrected chi connectivity index (χ3v) is 3.22. The summed E-state index contributed by atoms with van der Waals surface area (Å²) in [4.78, 5) is 11.0. The van der Waals surface area contributed by atoms with E-state index in [2.05, 4.69) is 15.5 Å². The summed E-state index contributed by atoms with van der Waals surface area (Å²) in [6.07, 6.45) is 2.13. The highest BCUT2D eigenvalue weighted by Crippen LogP contribution is 2.35. The van der Waals surface area contributed by atoms with Crippen molar-refractivity contribution < 1.29 is 19.4 Å². The lowest BCUT2D eigenvalue weighted by molar-refractivity contribution is 0.0696. The van der Waals surface area contributed by atoms with Crippen LogP contribution in [0.1, 0.15) is 35.1 Å². The van der Waals surface area contributed by atoms with Gasteiger partial charge in [0.25, 0.3) is 0 Å². The summed E-state index contributed by atoms with van der Waals surface area (Å²) in [5.74, 6) is 0.402. The Morgan fingerprint density at radius 2 is 2.24 bits per heavy atom. The number of aromatic carboxylic acids is 1. The number of methoxy groups -OCH3 is 1. The summed E-state index contributed by atoms with van der Waals surface area (Å²) in [5.41, 5.74) is 0.132. The number of ether oxygens (including phenoxy) is 2. The van der Waals surface area contributed by atoms with E-state index in [4.69, 9.17) is 14.6 Å². The fourth-order valence-corrected chi connectivity index (χ4v) is 1.97. The van der Waals surface area contributed by atoms with Crippen LogP contribution in [-0.4, -0.2) is 38.4 Å². The lowest BCUT2D eigenvalue weighted by atomic mass is 10.2. The molecular formula is C13H14N4O4. The highest BCUT2D eigenvalue weighted by Gasteiger charge is 2.28. The zero-order valence-electron chi connectivity index (χ0n) is 11.4. The Hall–Kier alpha value is -2.64. The van der Waals surface area contributed by atoms with Gasteiger partial charge in [0.1, 0.15) is 6.61 Å². The van der Waals surface area contributed by atoms with E-state index in [1.54, 1.807) is 10.7 Å². The number of benzene rings is 1. The van der Waals surface area contributed by atoms with Crippen LogP contribution < -0.4 is 9.47 Å². The Balaban J connectivity index is 1.78. The smallest absolute Gasteiger partial charge is 0.335 e. The molecule has 0 bridgehead atoms. The average molecular weight is 290 g/mol. The van der Waals surface area contributed by atoms with E-state index in [1.807, 2.05) is 0 Å². The predicted molar refractivity (Wildman–Crippen MR) is 70.4 cm³/mol. The van der Waals surface area contributed by atoms with E-state index in [1.165, 1.54) is 19.2 Å². The molecule has 1 saturated carbocycles. The molecule has 0 atom stereocenters. The fraction of sp³-hybridized carbons (Fsp3) is 0.385. The number of nitrogens with zero attached hydrogens (tertiary/aromatic N) is 4. The highest BCUT2D eigenvalue weighted by molar-refractivity contribution is 5.88. The van der Waals surface area contributed by atoms with Crippen molar-refractivity contribution >= 4 is 5.97 Å². The Morgan fingerprint density at radius 3 is 2.90 bits per heavy atom. The second-order valence-electron chi connectivity index (χ2n) is 4.73. The Labute approximate surface area is 120 Å². The fourth-order valence-electron chi connectivity index (χ4n) is 1.97. The quantitative estimate of drug-likeness (QED) is 0.855. The predicted octanol–water partition coefficient (Wildman–Crippen LogP) is 1.29. The summed E-state index contributed by atoms with van der Waals surface area (Å²) < 4.78 is 12.5. The molecule has 1 aromatic carbocycles. The van der Waals surface area contributed by atoms with Crippen molar-refractivity contribution in [2.75, 3.05) is 7.11 Å².